The number of hydrogen-bond donors (Lipinski definition) is 2. The van der Waals surface area contributed by atoms with Crippen LogP contribution in [0.4, 0.5) is 4.79 Å². The highest BCUT2D eigenvalue weighted by molar-refractivity contribution is 5.86. The van der Waals surface area contributed by atoms with E-state index in [-0.39, 0.29) is 36.9 Å². The molecule has 0 bridgehead atoms. The molecule has 4 atom stereocenters. The molecular weight excluding hydrogens is 448 g/mol. The predicted molar refractivity (Wildman–Crippen MR) is 128 cm³/mol. The topological polar surface area (TPSA) is 105 Å². The molecule has 2 aromatic rings. The lowest BCUT2D eigenvalue weighted by Crippen LogP contribution is -2.57. The van der Waals surface area contributed by atoms with E-state index in [1.807, 2.05) is 24.3 Å². The van der Waals surface area contributed by atoms with Gasteiger partial charge in [0.2, 0.25) is 5.91 Å². The molecule has 2 aliphatic carbocycles. The summed E-state index contributed by atoms with van der Waals surface area (Å²) in [6.07, 6.45) is 0.680. The largest absolute Gasteiger partial charge is 0.480 e. The average molecular weight is 479 g/mol. The van der Waals surface area contributed by atoms with E-state index in [2.05, 4.69) is 29.6 Å². The third-order valence-corrected chi connectivity index (χ3v) is 7.48. The SMILES string of the molecule is CC1OCCN(C(=O)[C@H]2CC[C@@H](NC(=O)OCC3c4ccccc4-c4ccccc43)C2)C1C(=O)O. The van der Waals surface area contributed by atoms with E-state index < -0.39 is 24.2 Å². The number of hydrogen-bond acceptors (Lipinski definition) is 5. The first-order valence-electron chi connectivity index (χ1n) is 12.2. The van der Waals surface area contributed by atoms with Crippen LogP contribution in [0.2, 0.25) is 0 Å². The highest BCUT2D eigenvalue weighted by Gasteiger charge is 2.42. The van der Waals surface area contributed by atoms with Crippen LogP contribution in [0.3, 0.4) is 0 Å². The lowest BCUT2D eigenvalue weighted by molar-refractivity contribution is -0.166. The smallest absolute Gasteiger partial charge is 0.407 e. The van der Waals surface area contributed by atoms with Crippen LogP contribution in [0.25, 0.3) is 11.1 Å². The van der Waals surface area contributed by atoms with Crippen LogP contribution in [0.15, 0.2) is 48.5 Å². The second-order valence-corrected chi connectivity index (χ2v) is 9.57. The minimum Gasteiger partial charge on any atom is -0.480 e. The van der Waals surface area contributed by atoms with E-state index in [4.69, 9.17) is 9.47 Å². The monoisotopic (exact) mass is 478 g/mol. The summed E-state index contributed by atoms with van der Waals surface area (Å²) >= 11 is 0. The number of morpholine rings is 1. The Morgan fingerprint density at radius 3 is 2.37 bits per heavy atom. The van der Waals surface area contributed by atoms with Gasteiger partial charge in [-0.25, -0.2) is 9.59 Å². The van der Waals surface area contributed by atoms with Crippen molar-refractivity contribution in [1.82, 2.24) is 10.2 Å². The van der Waals surface area contributed by atoms with Gasteiger partial charge in [-0.05, 0) is 48.4 Å². The molecule has 1 aliphatic heterocycles. The zero-order valence-electron chi connectivity index (χ0n) is 19.7. The zero-order chi connectivity index (χ0) is 24.5. The molecule has 2 amide bonds. The molecule has 8 nitrogen and oxygen atoms in total. The number of rotatable bonds is 5. The summed E-state index contributed by atoms with van der Waals surface area (Å²) in [7, 11) is 0. The van der Waals surface area contributed by atoms with Crippen LogP contribution in [0, 0.1) is 5.92 Å². The standard InChI is InChI=1S/C27H30N2O6/c1-16-24(26(31)32)29(12-13-34-16)25(30)17-10-11-18(14-17)28-27(33)35-15-23-21-8-4-2-6-19(21)20-7-3-5-9-22(20)23/h2-9,16-18,23-24H,10-15H2,1H3,(H,28,33)(H,31,32)/t16?,17-,18+,24?/m0/s1. The van der Waals surface area contributed by atoms with E-state index >= 15 is 0 Å². The molecule has 1 saturated carbocycles. The first kappa shape index (κ1) is 23.4. The van der Waals surface area contributed by atoms with Gasteiger partial charge in [0.05, 0.1) is 12.7 Å². The van der Waals surface area contributed by atoms with E-state index in [0.29, 0.717) is 25.9 Å². The second-order valence-electron chi connectivity index (χ2n) is 9.57. The van der Waals surface area contributed by atoms with Gasteiger partial charge in [-0.2, -0.15) is 0 Å². The molecular formula is C27H30N2O6. The number of carbonyl (C=O) groups is 3. The fraction of sp³-hybridized carbons (Fsp3) is 0.444. The summed E-state index contributed by atoms with van der Waals surface area (Å²) in [6, 6.07) is 15.2. The van der Waals surface area contributed by atoms with Crippen molar-refractivity contribution in [2.24, 2.45) is 5.92 Å². The Labute approximate surface area is 204 Å². The van der Waals surface area contributed by atoms with Gasteiger partial charge in [-0.1, -0.05) is 48.5 Å². The molecule has 2 aromatic carbocycles. The second kappa shape index (κ2) is 9.70. The average Bonchev–Trinajstić information content (AvgIpc) is 3.44. The Morgan fingerprint density at radius 1 is 1.06 bits per heavy atom. The summed E-state index contributed by atoms with van der Waals surface area (Å²) in [4.78, 5) is 38.8. The van der Waals surface area contributed by atoms with Gasteiger partial charge in [0.25, 0.3) is 0 Å². The quantitative estimate of drug-likeness (QED) is 0.683. The number of fused-ring (bicyclic) bond motifs is 3. The Hall–Kier alpha value is -3.39. The molecule has 2 N–H and O–H groups in total. The summed E-state index contributed by atoms with van der Waals surface area (Å²) in [6.45, 7) is 2.50. The Balaban J connectivity index is 1.16. The highest BCUT2D eigenvalue weighted by Crippen LogP contribution is 2.44. The molecule has 3 aliphatic rings. The molecule has 184 valence electrons. The lowest BCUT2D eigenvalue weighted by Gasteiger charge is -2.38. The fourth-order valence-corrected chi connectivity index (χ4v) is 5.78. The molecule has 1 saturated heterocycles. The first-order valence-corrected chi connectivity index (χ1v) is 12.2. The van der Waals surface area contributed by atoms with E-state index in [0.717, 1.165) is 11.1 Å². The van der Waals surface area contributed by atoms with Gasteiger partial charge in [-0.3, -0.25) is 4.79 Å². The minimum atomic E-state index is -1.06. The van der Waals surface area contributed by atoms with Gasteiger partial charge in [0, 0.05) is 24.4 Å². The fourth-order valence-electron chi connectivity index (χ4n) is 5.78. The number of carboxylic acid groups (broad SMARTS) is 1. The first-order chi connectivity index (χ1) is 16.9. The summed E-state index contributed by atoms with van der Waals surface area (Å²) in [5.41, 5.74) is 4.65. The highest BCUT2D eigenvalue weighted by atomic mass is 16.5. The van der Waals surface area contributed by atoms with E-state index in [1.165, 1.54) is 16.0 Å². The van der Waals surface area contributed by atoms with Crippen molar-refractivity contribution >= 4 is 18.0 Å². The molecule has 1 heterocycles. The normalized spacial score (nSPS) is 25.6. The van der Waals surface area contributed by atoms with Crippen LogP contribution in [-0.4, -0.2) is 65.9 Å². The van der Waals surface area contributed by atoms with Crippen molar-refractivity contribution in [2.75, 3.05) is 19.8 Å². The third-order valence-electron chi connectivity index (χ3n) is 7.48. The number of nitrogens with zero attached hydrogens (tertiary/aromatic N) is 1. The Bertz CT molecular complexity index is 1090. The lowest BCUT2D eigenvalue weighted by atomic mass is 9.98. The summed E-state index contributed by atoms with van der Waals surface area (Å²) < 4.78 is 11.1. The number of aliphatic carboxylic acids is 1. The number of ether oxygens (including phenoxy) is 2. The molecule has 8 heteroatoms. The van der Waals surface area contributed by atoms with Gasteiger partial charge in [0.15, 0.2) is 6.04 Å². The van der Waals surface area contributed by atoms with Gasteiger partial charge in [0.1, 0.15) is 6.61 Å². The molecule has 5 rings (SSSR count). The molecule has 35 heavy (non-hydrogen) atoms. The predicted octanol–water partition coefficient (Wildman–Crippen LogP) is 3.39. The van der Waals surface area contributed by atoms with Gasteiger partial charge in [-0.15, -0.1) is 0 Å². The van der Waals surface area contributed by atoms with Crippen molar-refractivity contribution in [3.05, 3.63) is 59.7 Å². The van der Waals surface area contributed by atoms with Crippen LogP contribution in [0.5, 0.6) is 0 Å². The number of carbonyl (C=O) groups excluding carboxylic acids is 2. The Morgan fingerprint density at radius 2 is 1.71 bits per heavy atom. The van der Waals surface area contributed by atoms with Crippen LogP contribution in [0.1, 0.15) is 43.2 Å². The van der Waals surface area contributed by atoms with Gasteiger partial charge >= 0.3 is 12.1 Å². The van der Waals surface area contributed by atoms with Crippen molar-refractivity contribution in [3.63, 3.8) is 0 Å². The molecule has 0 aromatic heterocycles. The van der Waals surface area contributed by atoms with Crippen LogP contribution in [-0.2, 0) is 19.1 Å². The van der Waals surface area contributed by atoms with E-state index in [9.17, 15) is 19.5 Å². The Kier molecular flexibility index (Phi) is 6.47. The van der Waals surface area contributed by atoms with Crippen molar-refractivity contribution in [3.8, 4) is 11.1 Å². The summed E-state index contributed by atoms with van der Waals surface area (Å²) in [5.74, 6) is -1.57. The molecule has 2 unspecified atom stereocenters. The summed E-state index contributed by atoms with van der Waals surface area (Å²) in [5, 5.41) is 12.5. The maximum Gasteiger partial charge on any atom is 0.407 e. The molecule has 0 radical (unpaired) electrons. The van der Waals surface area contributed by atoms with Crippen molar-refractivity contribution < 1.29 is 29.0 Å². The van der Waals surface area contributed by atoms with Gasteiger partial charge < -0.3 is 24.8 Å². The van der Waals surface area contributed by atoms with Crippen LogP contribution < -0.4 is 5.32 Å². The molecule has 0 spiro atoms. The minimum absolute atomic E-state index is 0.0117. The van der Waals surface area contributed by atoms with E-state index in [1.54, 1.807) is 6.92 Å². The zero-order valence-corrected chi connectivity index (χ0v) is 19.7. The number of benzene rings is 2. The number of amides is 2. The third kappa shape index (κ3) is 4.50. The number of nitrogens with one attached hydrogen (secondary N) is 1. The number of alkyl carbamates (subject to hydrolysis) is 1. The number of carboxylic acids is 1. The van der Waals surface area contributed by atoms with Crippen molar-refractivity contribution in [2.45, 2.75) is 50.3 Å². The van der Waals surface area contributed by atoms with Crippen molar-refractivity contribution in [1.29, 1.82) is 0 Å². The van der Waals surface area contributed by atoms with Crippen LogP contribution >= 0.6 is 0 Å². The molecule has 2 fully saturated rings. The maximum atomic E-state index is 13.1. The maximum absolute atomic E-state index is 13.1.